The lowest BCUT2D eigenvalue weighted by Crippen LogP contribution is -2.39. The fraction of sp³-hybridized carbons (Fsp3) is 0.375. The van der Waals surface area contributed by atoms with Gasteiger partial charge < -0.3 is 4.74 Å². The predicted octanol–water partition coefficient (Wildman–Crippen LogP) is 2.67. The van der Waals surface area contributed by atoms with Crippen LogP contribution in [0.1, 0.15) is 13.8 Å². The number of fused-ring (bicyclic) bond motifs is 5. The summed E-state index contributed by atoms with van der Waals surface area (Å²) in [6, 6.07) is 7.26. The molecule has 108 valence electrons. The zero-order valence-corrected chi connectivity index (χ0v) is 13.3. The first-order chi connectivity index (χ1) is 9.86. The molecule has 1 aromatic rings. The molecule has 2 amide bonds. The summed E-state index contributed by atoms with van der Waals surface area (Å²) < 4.78 is 6.81. The molecule has 0 radical (unpaired) electrons. The van der Waals surface area contributed by atoms with Crippen LogP contribution in [0.25, 0.3) is 0 Å². The molecule has 0 unspecified atom stereocenters. The number of carbonyl (C=O) groups is 2. The average molecular weight is 348 g/mol. The van der Waals surface area contributed by atoms with Crippen molar-refractivity contribution >= 4 is 33.4 Å². The van der Waals surface area contributed by atoms with Crippen LogP contribution in [0.4, 0.5) is 5.69 Å². The van der Waals surface area contributed by atoms with E-state index in [0.29, 0.717) is 5.69 Å². The summed E-state index contributed by atoms with van der Waals surface area (Å²) in [4.78, 5) is 27.0. The Morgan fingerprint density at radius 2 is 1.67 bits per heavy atom. The number of anilines is 1. The number of halogens is 1. The highest BCUT2D eigenvalue weighted by atomic mass is 79.9. The van der Waals surface area contributed by atoms with Crippen molar-refractivity contribution in [3.8, 4) is 0 Å². The Morgan fingerprint density at radius 1 is 1.10 bits per heavy atom. The molecular formula is C16H14BrNO3. The molecule has 2 saturated heterocycles. The molecule has 3 aliphatic rings. The van der Waals surface area contributed by atoms with Gasteiger partial charge in [0.1, 0.15) is 0 Å². The van der Waals surface area contributed by atoms with Gasteiger partial charge in [0.15, 0.2) is 0 Å². The Bertz CT molecular complexity index is 679. The van der Waals surface area contributed by atoms with Crippen LogP contribution in [0, 0.1) is 11.8 Å². The average Bonchev–Trinajstić information content (AvgIpc) is 2.95. The first-order valence-electron chi connectivity index (χ1n) is 6.90. The monoisotopic (exact) mass is 347 g/mol. The molecule has 0 aromatic heterocycles. The van der Waals surface area contributed by atoms with Gasteiger partial charge in [-0.2, -0.15) is 0 Å². The Morgan fingerprint density at radius 3 is 2.19 bits per heavy atom. The summed E-state index contributed by atoms with van der Waals surface area (Å²) in [5, 5.41) is 0. The zero-order valence-electron chi connectivity index (χ0n) is 11.7. The van der Waals surface area contributed by atoms with Crippen LogP contribution in [0.2, 0.25) is 0 Å². The molecule has 4 rings (SSSR count). The molecule has 5 heteroatoms. The molecule has 4 nitrogen and oxygen atoms in total. The van der Waals surface area contributed by atoms with E-state index >= 15 is 0 Å². The summed E-state index contributed by atoms with van der Waals surface area (Å²) in [5.41, 5.74) is -0.736. The molecule has 21 heavy (non-hydrogen) atoms. The molecule has 2 bridgehead atoms. The smallest absolute Gasteiger partial charge is 0.241 e. The number of hydrogen-bond acceptors (Lipinski definition) is 3. The first kappa shape index (κ1) is 13.2. The molecular weight excluding hydrogens is 334 g/mol. The Hall–Kier alpha value is -1.46. The van der Waals surface area contributed by atoms with Crippen LogP contribution in [0.15, 0.2) is 40.9 Å². The van der Waals surface area contributed by atoms with Crippen LogP contribution < -0.4 is 4.90 Å². The van der Waals surface area contributed by atoms with Crippen molar-refractivity contribution in [2.24, 2.45) is 11.8 Å². The second kappa shape index (κ2) is 3.84. The minimum absolute atomic E-state index is 0.168. The number of imide groups is 1. The summed E-state index contributed by atoms with van der Waals surface area (Å²) in [6.07, 6.45) is 3.84. The van der Waals surface area contributed by atoms with Crippen LogP contribution in [0.5, 0.6) is 0 Å². The number of carbonyl (C=O) groups excluding carboxylic acids is 2. The van der Waals surface area contributed by atoms with E-state index < -0.39 is 23.0 Å². The van der Waals surface area contributed by atoms with E-state index in [1.165, 1.54) is 4.90 Å². The highest BCUT2D eigenvalue weighted by molar-refractivity contribution is 9.10. The second-order valence-corrected chi connectivity index (χ2v) is 7.17. The van der Waals surface area contributed by atoms with E-state index in [4.69, 9.17) is 4.74 Å². The van der Waals surface area contributed by atoms with E-state index in [-0.39, 0.29) is 11.8 Å². The zero-order chi connectivity index (χ0) is 15.0. The fourth-order valence-corrected chi connectivity index (χ4v) is 4.29. The summed E-state index contributed by atoms with van der Waals surface area (Å²) in [7, 11) is 0. The van der Waals surface area contributed by atoms with Crippen molar-refractivity contribution in [1.29, 1.82) is 0 Å². The highest BCUT2D eigenvalue weighted by Gasteiger charge is 2.70. The molecule has 3 aliphatic heterocycles. The lowest BCUT2D eigenvalue weighted by Gasteiger charge is -2.25. The van der Waals surface area contributed by atoms with Crippen molar-refractivity contribution in [2.75, 3.05) is 4.90 Å². The molecule has 3 heterocycles. The lowest BCUT2D eigenvalue weighted by atomic mass is 9.73. The van der Waals surface area contributed by atoms with Gasteiger partial charge in [-0.3, -0.25) is 9.59 Å². The van der Waals surface area contributed by atoms with Crippen molar-refractivity contribution in [2.45, 2.75) is 25.0 Å². The number of ether oxygens (including phenoxy) is 1. The molecule has 0 spiro atoms. The standard InChI is InChI=1S/C16H14BrNO3/c1-15-6-7-16(2,21-15)12-11(15)13(19)18(14(12)20)10-5-3-4-9(17)8-10/h3-8,11-12H,1-2H3/t11-,12-,15-,16+/m0/s1. The minimum atomic E-state index is -0.674. The van der Waals surface area contributed by atoms with E-state index in [1.54, 1.807) is 12.1 Å². The second-order valence-electron chi connectivity index (χ2n) is 6.25. The van der Waals surface area contributed by atoms with Crippen LogP contribution in [-0.4, -0.2) is 23.0 Å². The number of amides is 2. The van der Waals surface area contributed by atoms with E-state index in [1.807, 2.05) is 38.1 Å². The van der Waals surface area contributed by atoms with Crippen molar-refractivity contribution < 1.29 is 14.3 Å². The SMILES string of the molecule is C[C@]12C=C[C@](C)(O1)[C@@H]1C(=O)N(c3cccc(Br)c3)C(=O)[C@H]12. The van der Waals surface area contributed by atoms with Crippen molar-refractivity contribution in [1.82, 2.24) is 0 Å². The number of nitrogens with zero attached hydrogens (tertiary/aromatic N) is 1. The first-order valence-corrected chi connectivity index (χ1v) is 7.69. The summed E-state index contributed by atoms with van der Waals surface area (Å²) in [5.74, 6) is -1.20. The quantitative estimate of drug-likeness (QED) is 0.579. The van der Waals surface area contributed by atoms with Gasteiger partial charge in [-0.05, 0) is 32.0 Å². The maximum absolute atomic E-state index is 12.8. The van der Waals surface area contributed by atoms with E-state index in [0.717, 1.165) is 4.47 Å². The molecule has 1 aromatic carbocycles. The van der Waals surface area contributed by atoms with Crippen LogP contribution in [0.3, 0.4) is 0 Å². The third kappa shape index (κ3) is 1.53. The van der Waals surface area contributed by atoms with E-state index in [9.17, 15) is 9.59 Å². The van der Waals surface area contributed by atoms with Gasteiger partial charge in [-0.25, -0.2) is 4.90 Å². The van der Waals surface area contributed by atoms with Crippen molar-refractivity contribution in [3.05, 3.63) is 40.9 Å². The Kier molecular flexibility index (Phi) is 2.42. The van der Waals surface area contributed by atoms with Gasteiger partial charge in [-0.15, -0.1) is 0 Å². The van der Waals surface area contributed by atoms with Gasteiger partial charge in [0.05, 0.1) is 28.7 Å². The molecule has 0 saturated carbocycles. The Labute approximate surface area is 130 Å². The number of hydrogen-bond donors (Lipinski definition) is 0. The van der Waals surface area contributed by atoms with Gasteiger partial charge in [-0.1, -0.05) is 34.1 Å². The molecule has 0 N–H and O–H groups in total. The number of benzene rings is 1. The molecule has 0 aliphatic carbocycles. The minimum Gasteiger partial charge on any atom is -0.359 e. The third-order valence-corrected chi connectivity index (χ3v) is 5.29. The van der Waals surface area contributed by atoms with Crippen molar-refractivity contribution in [3.63, 3.8) is 0 Å². The predicted molar refractivity (Wildman–Crippen MR) is 80.7 cm³/mol. The molecule has 2 fully saturated rings. The van der Waals surface area contributed by atoms with Gasteiger partial charge in [0, 0.05) is 4.47 Å². The number of rotatable bonds is 1. The van der Waals surface area contributed by atoms with Gasteiger partial charge in [0.25, 0.3) is 0 Å². The summed E-state index contributed by atoms with van der Waals surface area (Å²) >= 11 is 3.38. The van der Waals surface area contributed by atoms with Crippen LogP contribution >= 0.6 is 15.9 Å². The lowest BCUT2D eigenvalue weighted by molar-refractivity contribution is -0.128. The fourth-order valence-electron chi connectivity index (χ4n) is 3.90. The molecule has 4 atom stereocenters. The van der Waals surface area contributed by atoms with Gasteiger partial charge in [0.2, 0.25) is 11.8 Å². The van der Waals surface area contributed by atoms with Crippen LogP contribution in [-0.2, 0) is 14.3 Å². The maximum Gasteiger partial charge on any atom is 0.241 e. The topological polar surface area (TPSA) is 46.6 Å². The van der Waals surface area contributed by atoms with E-state index in [2.05, 4.69) is 15.9 Å². The van der Waals surface area contributed by atoms with Gasteiger partial charge >= 0.3 is 0 Å². The largest absolute Gasteiger partial charge is 0.359 e. The normalized spacial score (nSPS) is 40.2. The highest BCUT2D eigenvalue weighted by Crippen LogP contribution is 2.57. The third-order valence-electron chi connectivity index (χ3n) is 4.79. The Balaban J connectivity index is 1.82. The summed E-state index contributed by atoms with van der Waals surface area (Å²) in [6.45, 7) is 3.77. The maximum atomic E-state index is 12.8.